The minimum Gasteiger partial charge on any atom is -0.206 e. The molecule has 22 heavy (non-hydrogen) atoms. The van der Waals surface area contributed by atoms with Crippen LogP contribution in [0.15, 0.2) is 42.5 Å². The van der Waals surface area contributed by atoms with Crippen molar-refractivity contribution < 1.29 is 13.8 Å². The Morgan fingerprint density at radius 2 is 1.73 bits per heavy atom. The molecule has 1 aliphatic rings. The van der Waals surface area contributed by atoms with Crippen molar-refractivity contribution in [3.63, 3.8) is 0 Å². The monoisotopic (exact) mass is 317 g/mol. The number of halogens is 1. The molecule has 1 aliphatic carbocycles. The summed E-state index contributed by atoms with van der Waals surface area (Å²) in [7, 11) is -2.51. The molecule has 4 heteroatoms. The second-order valence-corrected chi connectivity index (χ2v) is 6.86. The maximum Gasteiger partial charge on any atom is 0.546 e. The first-order chi connectivity index (χ1) is 10.7. The zero-order chi connectivity index (χ0) is 15.5. The summed E-state index contributed by atoms with van der Waals surface area (Å²) in [6.07, 6.45) is 5.69. The maximum atomic E-state index is 14.3. The first-order valence-electron chi connectivity index (χ1n) is 7.72. The first kappa shape index (κ1) is 15.3. The van der Waals surface area contributed by atoms with E-state index in [0.717, 1.165) is 31.2 Å². The van der Waals surface area contributed by atoms with Gasteiger partial charge in [0.25, 0.3) is 0 Å². The molecule has 0 spiro atoms. The van der Waals surface area contributed by atoms with Crippen molar-refractivity contribution >= 4 is 13.3 Å². The molecule has 0 aliphatic heterocycles. The highest BCUT2D eigenvalue weighted by Gasteiger charge is 2.29. The lowest BCUT2D eigenvalue weighted by molar-refractivity contribution is 0.444. The van der Waals surface area contributed by atoms with E-state index in [1.165, 1.54) is 12.5 Å². The number of benzene rings is 2. The fraction of sp³-hybridized carbons (Fsp3) is 0.333. The largest absolute Gasteiger partial charge is 0.546 e. The van der Waals surface area contributed by atoms with E-state index in [1.807, 2.05) is 12.1 Å². The van der Waals surface area contributed by atoms with Gasteiger partial charge in [-0.3, -0.25) is 0 Å². The van der Waals surface area contributed by atoms with Crippen LogP contribution in [0.2, 0.25) is 0 Å². The summed E-state index contributed by atoms with van der Waals surface area (Å²) in [4.78, 5) is 9.67. The molecule has 0 heterocycles. The average Bonchev–Trinajstić information content (AvgIpc) is 2.55. The fourth-order valence-electron chi connectivity index (χ4n) is 3.43. The third-order valence-electron chi connectivity index (χ3n) is 4.47. The van der Waals surface area contributed by atoms with E-state index in [0.29, 0.717) is 22.3 Å². The van der Waals surface area contributed by atoms with Gasteiger partial charge in [0, 0.05) is 11.1 Å². The summed E-state index contributed by atoms with van der Waals surface area (Å²) in [5, 5.41) is 0.336. The maximum absolute atomic E-state index is 14.3. The molecule has 0 radical (unpaired) electrons. The van der Waals surface area contributed by atoms with Gasteiger partial charge in [-0.1, -0.05) is 49.6 Å². The van der Waals surface area contributed by atoms with Crippen LogP contribution in [0.5, 0.6) is 0 Å². The number of hydrogen-bond acceptors (Lipinski definition) is 1. The molecule has 2 aromatic carbocycles. The van der Waals surface area contributed by atoms with Crippen LogP contribution >= 0.6 is 8.03 Å². The second kappa shape index (κ2) is 6.68. The summed E-state index contributed by atoms with van der Waals surface area (Å²) in [5.41, 5.74) is 2.06. The van der Waals surface area contributed by atoms with Crippen molar-refractivity contribution in [2.75, 3.05) is 0 Å². The number of rotatable bonds is 3. The van der Waals surface area contributed by atoms with Crippen molar-refractivity contribution in [3.8, 4) is 11.1 Å². The van der Waals surface area contributed by atoms with Crippen LogP contribution in [0, 0.1) is 5.82 Å². The van der Waals surface area contributed by atoms with Crippen LogP contribution in [0.3, 0.4) is 0 Å². The Hall–Kier alpha value is -1.57. The molecule has 1 saturated carbocycles. The van der Waals surface area contributed by atoms with E-state index >= 15 is 0 Å². The minimum absolute atomic E-state index is 0.336. The molecule has 1 unspecified atom stereocenters. The lowest BCUT2D eigenvalue weighted by atomic mass is 9.81. The zero-order valence-corrected chi connectivity index (χ0v) is 13.2. The Morgan fingerprint density at radius 3 is 2.41 bits per heavy atom. The second-order valence-electron chi connectivity index (χ2n) is 5.83. The van der Waals surface area contributed by atoms with Crippen molar-refractivity contribution in [3.05, 3.63) is 53.8 Å². The van der Waals surface area contributed by atoms with Gasteiger partial charge < -0.3 is 0 Å². The van der Waals surface area contributed by atoms with E-state index in [1.54, 1.807) is 24.3 Å². The van der Waals surface area contributed by atoms with Gasteiger partial charge in [-0.25, -0.2) is 4.39 Å². The minimum atomic E-state index is -2.51. The topological polar surface area (TPSA) is 37.3 Å². The quantitative estimate of drug-likeness (QED) is 0.818. The normalized spacial score (nSPS) is 16.5. The lowest BCUT2D eigenvalue weighted by Crippen LogP contribution is -2.12. The smallest absolute Gasteiger partial charge is 0.206 e. The molecule has 1 N–H and O–H groups in total. The Bertz CT molecular complexity index is 693. The van der Waals surface area contributed by atoms with E-state index in [2.05, 4.69) is 0 Å². The zero-order valence-electron chi connectivity index (χ0n) is 12.3. The van der Waals surface area contributed by atoms with Gasteiger partial charge in [0.05, 0.1) is 0 Å². The van der Waals surface area contributed by atoms with Crippen LogP contribution < -0.4 is 5.30 Å². The Balaban J connectivity index is 2.20. The van der Waals surface area contributed by atoms with E-state index in [-0.39, 0.29) is 5.82 Å². The molecular weight excluding hydrogens is 298 g/mol. The van der Waals surface area contributed by atoms with Crippen molar-refractivity contribution in [2.24, 2.45) is 0 Å². The molecule has 0 bridgehead atoms. The lowest BCUT2D eigenvalue weighted by Gasteiger charge is -2.24. The highest BCUT2D eigenvalue weighted by atomic mass is 31.1. The van der Waals surface area contributed by atoms with Crippen molar-refractivity contribution in [1.29, 1.82) is 0 Å². The van der Waals surface area contributed by atoms with Gasteiger partial charge in [0.2, 0.25) is 5.30 Å². The summed E-state index contributed by atoms with van der Waals surface area (Å²) < 4.78 is 26.1. The van der Waals surface area contributed by atoms with E-state index in [4.69, 9.17) is 0 Å². The standard InChI is InChI=1S/C18H18FO2P/c19-16-11-5-4-9-15(16)18-14(13-7-2-1-3-8-13)10-6-12-17(18)22(20)21/h4-6,9-13H,1-3,7-8H2/p+1. The molecule has 1 fully saturated rings. The predicted molar refractivity (Wildman–Crippen MR) is 87.1 cm³/mol. The van der Waals surface area contributed by atoms with Crippen LogP contribution in [0.4, 0.5) is 4.39 Å². The molecule has 2 nitrogen and oxygen atoms in total. The fourth-order valence-corrected chi connectivity index (χ4v) is 4.08. The average molecular weight is 317 g/mol. The molecule has 0 saturated heterocycles. The molecule has 2 aromatic rings. The van der Waals surface area contributed by atoms with E-state index in [9.17, 15) is 13.8 Å². The molecule has 0 amide bonds. The summed E-state index contributed by atoms with van der Waals surface area (Å²) >= 11 is 0. The third-order valence-corrected chi connectivity index (χ3v) is 5.25. The first-order valence-corrected chi connectivity index (χ1v) is 8.93. The van der Waals surface area contributed by atoms with Crippen LogP contribution in [-0.2, 0) is 4.57 Å². The van der Waals surface area contributed by atoms with Crippen molar-refractivity contribution in [1.82, 2.24) is 0 Å². The highest BCUT2D eigenvalue weighted by molar-refractivity contribution is 7.47. The van der Waals surface area contributed by atoms with Gasteiger partial charge in [0.1, 0.15) is 5.82 Å². The van der Waals surface area contributed by atoms with Crippen molar-refractivity contribution in [2.45, 2.75) is 38.0 Å². The molecular formula is C18H19FO2P+. The molecule has 3 rings (SSSR count). The Kier molecular flexibility index (Phi) is 4.66. The SMILES string of the molecule is O=[P+](O)c1cccc(C2CCCCC2)c1-c1ccccc1F. The summed E-state index contributed by atoms with van der Waals surface area (Å²) in [6, 6.07) is 11.9. The molecule has 0 aromatic heterocycles. The Labute approximate surface area is 130 Å². The Morgan fingerprint density at radius 1 is 1.00 bits per heavy atom. The van der Waals surface area contributed by atoms with Crippen LogP contribution in [0.1, 0.15) is 43.6 Å². The van der Waals surface area contributed by atoms with E-state index < -0.39 is 8.03 Å². The third kappa shape index (κ3) is 2.97. The van der Waals surface area contributed by atoms with Gasteiger partial charge >= 0.3 is 8.03 Å². The van der Waals surface area contributed by atoms with Gasteiger partial charge in [-0.15, -0.1) is 0 Å². The summed E-state index contributed by atoms with van der Waals surface area (Å²) in [5.74, 6) is 0.00196. The van der Waals surface area contributed by atoms with Gasteiger partial charge in [0.15, 0.2) is 0 Å². The van der Waals surface area contributed by atoms with Gasteiger partial charge in [-0.2, -0.15) is 4.89 Å². The molecule has 114 valence electrons. The number of hydrogen-bond donors (Lipinski definition) is 1. The molecule has 1 atom stereocenters. The van der Waals surface area contributed by atoms with Crippen LogP contribution in [0.25, 0.3) is 11.1 Å². The van der Waals surface area contributed by atoms with Crippen LogP contribution in [-0.4, -0.2) is 4.89 Å². The highest BCUT2D eigenvalue weighted by Crippen LogP contribution is 2.39. The summed E-state index contributed by atoms with van der Waals surface area (Å²) in [6.45, 7) is 0. The predicted octanol–water partition coefficient (Wildman–Crippen LogP) is 4.90. The van der Waals surface area contributed by atoms with Gasteiger partial charge in [-0.05, 0) is 41.0 Å².